The van der Waals surface area contributed by atoms with E-state index in [1.165, 1.54) is 13.2 Å². The first kappa shape index (κ1) is 22.2. The molecule has 0 radical (unpaired) electrons. The molecule has 28 heavy (non-hydrogen) atoms. The van der Waals surface area contributed by atoms with Gasteiger partial charge in [-0.05, 0) is 39.2 Å². The van der Waals surface area contributed by atoms with E-state index >= 15 is 0 Å². The number of halogens is 2. The van der Waals surface area contributed by atoms with E-state index in [4.69, 9.17) is 4.74 Å². The molecule has 1 heterocycles. The zero-order chi connectivity index (χ0) is 20.5. The van der Waals surface area contributed by atoms with Gasteiger partial charge in [-0.15, -0.1) is 0 Å². The van der Waals surface area contributed by atoms with Crippen LogP contribution in [0.15, 0.2) is 23.2 Å². The number of aliphatic imine (C=N–C) groups is 1. The van der Waals surface area contributed by atoms with Gasteiger partial charge < -0.3 is 25.0 Å². The van der Waals surface area contributed by atoms with Crippen LogP contribution < -0.4 is 20.1 Å². The fourth-order valence-electron chi connectivity index (χ4n) is 3.06. The molecule has 1 atom stereocenters. The van der Waals surface area contributed by atoms with E-state index in [0.717, 1.165) is 26.2 Å². The van der Waals surface area contributed by atoms with Crippen molar-refractivity contribution >= 4 is 5.96 Å². The summed E-state index contributed by atoms with van der Waals surface area (Å²) in [4.78, 5) is 9.17. The molecule has 1 aliphatic rings. The first-order valence-corrected chi connectivity index (χ1v) is 9.45. The number of alkyl halides is 2. The number of rotatable bonds is 8. The molecule has 0 aromatic heterocycles. The van der Waals surface area contributed by atoms with Gasteiger partial charge in [-0.1, -0.05) is 0 Å². The Kier molecular flexibility index (Phi) is 8.72. The Labute approximate surface area is 165 Å². The molecule has 0 aliphatic carbocycles. The molecule has 1 aromatic carbocycles. The molecule has 9 heteroatoms. The molecule has 1 saturated heterocycles. The average Bonchev–Trinajstić information content (AvgIpc) is 2.67. The molecular weight excluding hydrogens is 368 g/mol. The molecule has 158 valence electrons. The van der Waals surface area contributed by atoms with Crippen molar-refractivity contribution in [2.75, 3.05) is 53.9 Å². The second kappa shape index (κ2) is 11.0. The fourth-order valence-corrected chi connectivity index (χ4v) is 3.06. The van der Waals surface area contributed by atoms with Crippen molar-refractivity contribution in [1.82, 2.24) is 20.4 Å². The first-order chi connectivity index (χ1) is 13.4. The lowest BCUT2D eigenvalue weighted by Crippen LogP contribution is -2.55. The summed E-state index contributed by atoms with van der Waals surface area (Å²) in [5.74, 6) is 1.30. The van der Waals surface area contributed by atoms with Crippen molar-refractivity contribution in [3.8, 4) is 11.5 Å². The highest BCUT2D eigenvalue weighted by Crippen LogP contribution is 2.26. The zero-order valence-corrected chi connectivity index (χ0v) is 17.0. The summed E-state index contributed by atoms with van der Waals surface area (Å²) in [6, 6.07) is 5.10. The molecule has 1 unspecified atom stereocenters. The zero-order valence-electron chi connectivity index (χ0n) is 17.0. The highest BCUT2D eigenvalue weighted by Gasteiger charge is 2.22. The van der Waals surface area contributed by atoms with Crippen LogP contribution in [0.25, 0.3) is 0 Å². The van der Waals surface area contributed by atoms with Gasteiger partial charge in [-0.25, -0.2) is 4.99 Å². The maximum Gasteiger partial charge on any atom is 0.387 e. The van der Waals surface area contributed by atoms with Crippen LogP contribution in [0.1, 0.15) is 12.5 Å². The summed E-state index contributed by atoms with van der Waals surface area (Å²) < 4.78 is 35.1. The van der Waals surface area contributed by atoms with E-state index in [2.05, 4.69) is 44.3 Å². The van der Waals surface area contributed by atoms with Gasteiger partial charge in [0.25, 0.3) is 0 Å². The van der Waals surface area contributed by atoms with Crippen LogP contribution in [-0.4, -0.2) is 82.3 Å². The Morgan fingerprint density at radius 1 is 1.29 bits per heavy atom. The van der Waals surface area contributed by atoms with Crippen LogP contribution in [0, 0.1) is 0 Å². The first-order valence-electron chi connectivity index (χ1n) is 9.45. The molecule has 0 bridgehead atoms. The van der Waals surface area contributed by atoms with Crippen molar-refractivity contribution in [3.05, 3.63) is 23.8 Å². The highest BCUT2D eigenvalue weighted by molar-refractivity contribution is 5.79. The van der Waals surface area contributed by atoms with Crippen molar-refractivity contribution in [3.63, 3.8) is 0 Å². The lowest BCUT2D eigenvalue weighted by molar-refractivity contribution is -0.0504. The van der Waals surface area contributed by atoms with Crippen LogP contribution in [0.5, 0.6) is 11.5 Å². The molecule has 0 amide bonds. The van der Waals surface area contributed by atoms with Crippen molar-refractivity contribution in [1.29, 1.82) is 0 Å². The van der Waals surface area contributed by atoms with Crippen molar-refractivity contribution < 1.29 is 18.3 Å². The van der Waals surface area contributed by atoms with Crippen LogP contribution >= 0.6 is 0 Å². The SMILES string of the molecule is CCNC(=NCc1cc(OC)ccc1OC(F)F)NCC1CN(C)CCN1C. The van der Waals surface area contributed by atoms with Crippen LogP contribution in [0.3, 0.4) is 0 Å². The Hall–Kier alpha value is -2.13. The van der Waals surface area contributed by atoms with E-state index in [1.54, 1.807) is 12.1 Å². The van der Waals surface area contributed by atoms with Gasteiger partial charge in [-0.3, -0.25) is 4.90 Å². The van der Waals surface area contributed by atoms with Crippen LogP contribution in [-0.2, 0) is 6.54 Å². The van der Waals surface area contributed by atoms with Gasteiger partial charge in [0.2, 0.25) is 0 Å². The van der Waals surface area contributed by atoms with E-state index in [0.29, 0.717) is 29.9 Å². The minimum Gasteiger partial charge on any atom is -0.497 e. The summed E-state index contributed by atoms with van der Waals surface area (Å²) in [5.41, 5.74) is 0.534. The molecule has 1 aromatic rings. The smallest absolute Gasteiger partial charge is 0.387 e. The molecule has 0 spiro atoms. The molecular formula is C19H31F2N5O2. The predicted molar refractivity (Wildman–Crippen MR) is 106 cm³/mol. The van der Waals surface area contributed by atoms with Crippen molar-refractivity contribution in [2.24, 2.45) is 4.99 Å². The monoisotopic (exact) mass is 399 g/mol. The summed E-state index contributed by atoms with van der Waals surface area (Å²) in [7, 11) is 5.76. The van der Waals surface area contributed by atoms with E-state index in [9.17, 15) is 8.78 Å². The normalized spacial score (nSPS) is 19.0. The third-order valence-electron chi connectivity index (χ3n) is 4.72. The quantitative estimate of drug-likeness (QED) is 0.512. The van der Waals surface area contributed by atoms with Gasteiger partial charge in [0.1, 0.15) is 11.5 Å². The summed E-state index contributed by atoms with van der Waals surface area (Å²) in [6.07, 6.45) is 0. The number of ether oxygens (including phenoxy) is 2. The minimum atomic E-state index is -2.89. The molecule has 2 N–H and O–H groups in total. The Bertz CT molecular complexity index is 645. The lowest BCUT2D eigenvalue weighted by atomic mass is 10.2. The number of hydrogen-bond donors (Lipinski definition) is 2. The third kappa shape index (κ3) is 6.79. The summed E-state index contributed by atoms with van der Waals surface area (Å²) >= 11 is 0. The number of guanidine groups is 1. The van der Waals surface area contributed by atoms with Gasteiger partial charge in [0.15, 0.2) is 5.96 Å². The fraction of sp³-hybridized carbons (Fsp3) is 0.632. The standard InChI is InChI=1S/C19H31F2N5O2/c1-5-22-19(24-12-15-13-25(2)8-9-26(15)3)23-11-14-10-16(27-4)6-7-17(14)28-18(20)21/h6-7,10,15,18H,5,8-9,11-13H2,1-4H3,(H2,22,23,24). The van der Waals surface area contributed by atoms with Crippen LogP contribution in [0.4, 0.5) is 8.78 Å². The number of hydrogen-bond acceptors (Lipinski definition) is 5. The summed E-state index contributed by atoms with van der Waals surface area (Å²) in [5, 5.41) is 6.54. The minimum absolute atomic E-state index is 0.101. The van der Waals surface area contributed by atoms with Gasteiger partial charge in [0, 0.05) is 44.3 Å². The number of benzene rings is 1. The van der Waals surface area contributed by atoms with E-state index < -0.39 is 6.61 Å². The van der Waals surface area contributed by atoms with Crippen LogP contribution in [0.2, 0.25) is 0 Å². The number of methoxy groups -OCH3 is 1. The second-order valence-corrected chi connectivity index (χ2v) is 6.82. The number of nitrogens with one attached hydrogen (secondary N) is 2. The molecule has 1 aliphatic heterocycles. The number of piperazine rings is 1. The maximum atomic E-state index is 12.7. The summed E-state index contributed by atoms with van der Waals surface area (Å²) in [6.45, 7) is 3.78. The molecule has 0 saturated carbocycles. The maximum absolute atomic E-state index is 12.7. The Morgan fingerprint density at radius 3 is 2.75 bits per heavy atom. The third-order valence-corrected chi connectivity index (χ3v) is 4.72. The number of nitrogens with zero attached hydrogens (tertiary/aromatic N) is 3. The Balaban J connectivity index is 2.06. The van der Waals surface area contributed by atoms with E-state index in [-0.39, 0.29) is 12.3 Å². The highest BCUT2D eigenvalue weighted by atomic mass is 19.3. The van der Waals surface area contributed by atoms with Gasteiger partial charge >= 0.3 is 6.61 Å². The molecule has 2 rings (SSSR count). The lowest BCUT2D eigenvalue weighted by Gasteiger charge is -2.37. The van der Waals surface area contributed by atoms with Crippen molar-refractivity contribution in [2.45, 2.75) is 26.1 Å². The average molecular weight is 399 g/mol. The second-order valence-electron chi connectivity index (χ2n) is 6.82. The Morgan fingerprint density at radius 2 is 2.07 bits per heavy atom. The topological polar surface area (TPSA) is 61.4 Å². The van der Waals surface area contributed by atoms with Gasteiger partial charge in [-0.2, -0.15) is 8.78 Å². The molecule has 1 fully saturated rings. The van der Waals surface area contributed by atoms with Gasteiger partial charge in [0.05, 0.1) is 13.7 Å². The largest absolute Gasteiger partial charge is 0.497 e. The molecule has 7 nitrogen and oxygen atoms in total. The number of likely N-dealkylation sites (N-methyl/N-ethyl adjacent to an activating group) is 2. The predicted octanol–water partition coefficient (Wildman–Crippen LogP) is 1.60. The van der Waals surface area contributed by atoms with E-state index in [1.807, 2.05) is 6.92 Å².